The highest BCUT2D eigenvalue weighted by molar-refractivity contribution is 5.76. The minimum atomic E-state index is -0.444. The lowest BCUT2D eigenvalue weighted by molar-refractivity contribution is -0.121. The number of benzene rings is 1. The number of H-pyrrole nitrogens is 1. The molecule has 0 aliphatic carbocycles. The molecule has 0 spiro atoms. The second-order valence-corrected chi connectivity index (χ2v) is 9.93. The number of carbonyl (C=O) groups excluding carboxylic acids is 1. The monoisotopic (exact) mass is 497 g/mol. The summed E-state index contributed by atoms with van der Waals surface area (Å²) in [6.45, 7) is 12.2. The molecule has 0 saturated heterocycles. The van der Waals surface area contributed by atoms with Gasteiger partial charge in [0.05, 0.1) is 12.7 Å². The van der Waals surface area contributed by atoms with Crippen molar-refractivity contribution in [3.8, 4) is 0 Å². The van der Waals surface area contributed by atoms with Crippen molar-refractivity contribution in [1.29, 1.82) is 0 Å². The highest BCUT2D eigenvalue weighted by Gasteiger charge is 2.19. The molecule has 0 unspecified atom stereocenters. The first-order chi connectivity index (χ1) is 17.2. The van der Waals surface area contributed by atoms with E-state index in [1.54, 1.807) is 0 Å². The van der Waals surface area contributed by atoms with Crippen LogP contribution in [0.5, 0.6) is 0 Å². The summed E-state index contributed by atoms with van der Waals surface area (Å²) in [6.07, 6.45) is 2.48. The molecular formula is C27H39N5O4. The lowest BCUT2D eigenvalue weighted by Gasteiger charge is -2.12. The zero-order valence-electron chi connectivity index (χ0n) is 22.1. The fourth-order valence-electron chi connectivity index (χ4n) is 4.10. The Morgan fingerprint density at radius 1 is 1.14 bits per heavy atom. The minimum Gasteiger partial charge on any atom is -0.374 e. The van der Waals surface area contributed by atoms with Gasteiger partial charge in [-0.2, -0.15) is 0 Å². The van der Waals surface area contributed by atoms with E-state index in [4.69, 9.17) is 4.74 Å². The summed E-state index contributed by atoms with van der Waals surface area (Å²) in [6, 6.07) is 7.98. The molecule has 0 radical (unpaired) electrons. The Labute approximate surface area is 211 Å². The predicted molar refractivity (Wildman–Crippen MR) is 141 cm³/mol. The Kier molecular flexibility index (Phi) is 9.64. The lowest BCUT2D eigenvalue weighted by Crippen LogP contribution is -2.31. The molecule has 9 heteroatoms. The Balaban J connectivity index is 1.74. The molecular weight excluding hydrogens is 458 g/mol. The van der Waals surface area contributed by atoms with Gasteiger partial charge >= 0.3 is 5.69 Å². The molecule has 196 valence electrons. The van der Waals surface area contributed by atoms with Crippen molar-refractivity contribution in [3.05, 3.63) is 62.1 Å². The molecule has 9 nitrogen and oxygen atoms in total. The van der Waals surface area contributed by atoms with Gasteiger partial charge in [-0.15, -0.1) is 0 Å². The Hall–Kier alpha value is -3.20. The standard InChI is InChI=1S/C27H39N5O4/c1-6-7-13-31-25-24(26(34)30-27(31)35)32(16-18(2)3)22(29-25)11-12-23(33)28-15-20-9-8-10-21(14-20)17-36-19(4)5/h8-10,14,18-19H,6-7,11-13,15-17H2,1-5H3,(H,28,33)(H,30,34,35). The molecule has 1 aromatic carbocycles. The maximum absolute atomic E-state index is 12.7. The Bertz CT molecular complexity index is 1290. The normalized spacial score (nSPS) is 11.6. The third-order valence-corrected chi connectivity index (χ3v) is 5.89. The van der Waals surface area contributed by atoms with Gasteiger partial charge in [-0.25, -0.2) is 9.78 Å². The Morgan fingerprint density at radius 3 is 2.58 bits per heavy atom. The number of carbonyl (C=O) groups is 1. The predicted octanol–water partition coefficient (Wildman–Crippen LogP) is 3.52. The van der Waals surface area contributed by atoms with E-state index in [9.17, 15) is 14.4 Å². The Morgan fingerprint density at radius 2 is 1.89 bits per heavy atom. The summed E-state index contributed by atoms with van der Waals surface area (Å²) in [4.78, 5) is 45.0. The van der Waals surface area contributed by atoms with Crippen molar-refractivity contribution in [2.75, 3.05) is 0 Å². The van der Waals surface area contributed by atoms with Gasteiger partial charge in [-0.1, -0.05) is 51.5 Å². The quantitative estimate of drug-likeness (QED) is 0.375. The van der Waals surface area contributed by atoms with Crippen LogP contribution in [0.4, 0.5) is 0 Å². The van der Waals surface area contributed by atoms with E-state index in [0.29, 0.717) is 49.7 Å². The molecule has 0 aliphatic heterocycles. The van der Waals surface area contributed by atoms with E-state index in [1.165, 1.54) is 4.57 Å². The largest absolute Gasteiger partial charge is 0.374 e. The number of nitrogens with zero attached hydrogens (tertiary/aromatic N) is 3. The minimum absolute atomic E-state index is 0.0979. The molecule has 0 aliphatic rings. The van der Waals surface area contributed by atoms with Crippen LogP contribution in [0.3, 0.4) is 0 Å². The van der Waals surface area contributed by atoms with Gasteiger partial charge in [0.15, 0.2) is 11.2 Å². The van der Waals surface area contributed by atoms with E-state index in [1.807, 2.05) is 49.6 Å². The highest BCUT2D eigenvalue weighted by Crippen LogP contribution is 2.16. The van der Waals surface area contributed by atoms with E-state index in [0.717, 1.165) is 24.0 Å². The first-order valence-electron chi connectivity index (χ1n) is 12.9. The molecule has 0 fully saturated rings. The van der Waals surface area contributed by atoms with Gasteiger partial charge in [0.2, 0.25) is 5.91 Å². The second-order valence-electron chi connectivity index (χ2n) is 9.93. The van der Waals surface area contributed by atoms with Crippen LogP contribution in [0, 0.1) is 5.92 Å². The summed E-state index contributed by atoms with van der Waals surface area (Å²) < 4.78 is 9.07. The maximum atomic E-state index is 12.7. The number of imidazole rings is 1. The summed E-state index contributed by atoms with van der Waals surface area (Å²) in [5.74, 6) is 0.805. The van der Waals surface area contributed by atoms with Crippen LogP contribution in [0.1, 0.15) is 70.8 Å². The molecule has 0 bridgehead atoms. The first-order valence-corrected chi connectivity index (χ1v) is 12.9. The van der Waals surface area contributed by atoms with E-state index in [-0.39, 0.29) is 24.3 Å². The molecule has 2 N–H and O–H groups in total. The zero-order valence-corrected chi connectivity index (χ0v) is 22.1. The van der Waals surface area contributed by atoms with Gasteiger partial charge < -0.3 is 14.6 Å². The number of aryl methyl sites for hydroxylation is 2. The second kappa shape index (κ2) is 12.7. The zero-order chi connectivity index (χ0) is 26.2. The van der Waals surface area contributed by atoms with Gasteiger partial charge in [-0.3, -0.25) is 19.1 Å². The summed E-state index contributed by atoms with van der Waals surface area (Å²) in [5.41, 5.74) is 1.99. The van der Waals surface area contributed by atoms with Crippen LogP contribution in [0.2, 0.25) is 0 Å². The number of fused-ring (bicyclic) bond motifs is 1. The molecule has 2 heterocycles. The molecule has 3 aromatic rings. The topological polar surface area (TPSA) is 111 Å². The molecule has 0 saturated carbocycles. The fraction of sp³-hybridized carbons (Fsp3) is 0.556. The number of hydrogen-bond acceptors (Lipinski definition) is 5. The average molecular weight is 498 g/mol. The third-order valence-electron chi connectivity index (χ3n) is 5.89. The van der Waals surface area contributed by atoms with Crippen molar-refractivity contribution in [1.82, 2.24) is 24.4 Å². The number of ether oxygens (including phenoxy) is 1. The number of nitrogens with one attached hydrogen (secondary N) is 2. The molecule has 36 heavy (non-hydrogen) atoms. The van der Waals surface area contributed by atoms with Crippen molar-refractivity contribution in [2.24, 2.45) is 5.92 Å². The van der Waals surface area contributed by atoms with Crippen LogP contribution < -0.4 is 16.6 Å². The van der Waals surface area contributed by atoms with Crippen molar-refractivity contribution < 1.29 is 9.53 Å². The van der Waals surface area contributed by atoms with Crippen molar-refractivity contribution in [2.45, 2.75) is 92.6 Å². The fourth-order valence-corrected chi connectivity index (χ4v) is 4.10. The number of aromatic nitrogens is 4. The van der Waals surface area contributed by atoms with Crippen molar-refractivity contribution in [3.63, 3.8) is 0 Å². The van der Waals surface area contributed by atoms with Gasteiger partial charge in [0.25, 0.3) is 5.56 Å². The van der Waals surface area contributed by atoms with Gasteiger partial charge in [0.1, 0.15) is 5.82 Å². The van der Waals surface area contributed by atoms with Crippen LogP contribution in [-0.2, 0) is 42.2 Å². The SMILES string of the molecule is CCCCn1c(=O)[nH]c(=O)c2c1nc(CCC(=O)NCc1cccc(COC(C)C)c1)n2CC(C)C. The van der Waals surface area contributed by atoms with E-state index in [2.05, 4.69) is 29.1 Å². The first kappa shape index (κ1) is 27.4. The smallest absolute Gasteiger partial charge is 0.330 e. The summed E-state index contributed by atoms with van der Waals surface area (Å²) >= 11 is 0. The van der Waals surface area contributed by atoms with Crippen LogP contribution in [0.15, 0.2) is 33.9 Å². The summed E-state index contributed by atoms with van der Waals surface area (Å²) in [7, 11) is 0. The summed E-state index contributed by atoms with van der Waals surface area (Å²) in [5, 5.41) is 2.98. The van der Waals surface area contributed by atoms with E-state index >= 15 is 0 Å². The molecule has 3 rings (SSSR count). The molecule has 0 atom stereocenters. The number of amides is 1. The highest BCUT2D eigenvalue weighted by atomic mass is 16.5. The van der Waals surface area contributed by atoms with Crippen LogP contribution in [-0.4, -0.2) is 31.1 Å². The average Bonchev–Trinajstić information content (AvgIpc) is 3.18. The van der Waals surface area contributed by atoms with Gasteiger partial charge in [0, 0.05) is 32.5 Å². The molecule has 2 aromatic heterocycles. The number of hydrogen-bond donors (Lipinski definition) is 2. The third kappa shape index (κ3) is 7.16. The number of aromatic amines is 1. The van der Waals surface area contributed by atoms with Crippen molar-refractivity contribution >= 4 is 17.1 Å². The van der Waals surface area contributed by atoms with Crippen LogP contribution >= 0.6 is 0 Å². The molecule has 1 amide bonds. The van der Waals surface area contributed by atoms with Gasteiger partial charge in [-0.05, 0) is 37.3 Å². The van der Waals surface area contributed by atoms with Crippen LogP contribution in [0.25, 0.3) is 11.2 Å². The number of rotatable bonds is 13. The number of unbranched alkanes of at least 4 members (excludes halogenated alkanes) is 1. The maximum Gasteiger partial charge on any atom is 0.330 e. The van der Waals surface area contributed by atoms with E-state index < -0.39 is 11.2 Å². The lowest BCUT2D eigenvalue weighted by atomic mass is 10.1.